The summed E-state index contributed by atoms with van der Waals surface area (Å²) in [6.45, 7) is 4.60. The van der Waals surface area contributed by atoms with E-state index in [9.17, 15) is 5.11 Å². The van der Waals surface area contributed by atoms with Crippen LogP contribution in [0.5, 0.6) is 0 Å². The molecule has 26 heavy (non-hydrogen) atoms. The molecule has 0 unspecified atom stereocenters. The summed E-state index contributed by atoms with van der Waals surface area (Å²) in [4.78, 5) is 2.67. The fourth-order valence-corrected chi connectivity index (χ4v) is 4.39. The van der Waals surface area contributed by atoms with Crippen LogP contribution < -0.4 is 5.32 Å². The summed E-state index contributed by atoms with van der Waals surface area (Å²) >= 11 is 0. The first-order valence-electron chi connectivity index (χ1n) is 9.89. The zero-order valence-electron chi connectivity index (χ0n) is 15.3. The molecule has 3 heterocycles. The summed E-state index contributed by atoms with van der Waals surface area (Å²) < 4.78 is 2.03. The molecule has 2 saturated heterocycles. The predicted octanol–water partition coefficient (Wildman–Crippen LogP) is 1.77. The van der Waals surface area contributed by atoms with Crippen LogP contribution in [0.4, 0.5) is 0 Å². The number of aromatic nitrogens is 3. The van der Waals surface area contributed by atoms with E-state index in [1.165, 1.54) is 45.3 Å². The molecule has 2 aromatic rings. The van der Waals surface area contributed by atoms with Crippen molar-refractivity contribution in [2.45, 2.75) is 44.8 Å². The topological polar surface area (TPSA) is 66.2 Å². The van der Waals surface area contributed by atoms with Crippen LogP contribution >= 0.6 is 0 Å². The number of aliphatic hydroxyl groups is 1. The van der Waals surface area contributed by atoms with Gasteiger partial charge in [-0.05, 0) is 63.4 Å². The second kappa shape index (κ2) is 8.29. The van der Waals surface area contributed by atoms with Crippen molar-refractivity contribution in [1.82, 2.24) is 25.0 Å². The van der Waals surface area contributed by atoms with Crippen LogP contribution in [0.25, 0.3) is 5.69 Å². The maximum atomic E-state index is 9.64. The molecule has 6 heteroatoms. The fraction of sp³-hybridized carbons (Fsp3) is 0.600. The monoisotopic (exact) mass is 355 g/mol. The molecule has 2 fully saturated rings. The van der Waals surface area contributed by atoms with Crippen molar-refractivity contribution in [3.63, 3.8) is 0 Å². The molecule has 6 nitrogen and oxygen atoms in total. The molecule has 140 valence electrons. The highest BCUT2D eigenvalue weighted by atomic mass is 16.3. The standard InChI is InChI=1S/C20H29N5O/c26-15-20-23-22-19(25(20)17-5-2-1-3-6-17)13-16-8-11-24(12-9-16)18-7-4-10-21-14-18/h1-3,5-6,16,18,21,26H,4,7-15H2/t18-/m1/s1. The van der Waals surface area contributed by atoms with Gasteiger partial charge in [0.25, 0.3) is 0 Å². The van der Waals surface area contributed by atoms with E-state index in [0.717, 1.165) is 30.5 Å². The lowest BCUT2D eigenvalue weighted by Gasteiger charge is -2.39. The molecule has 0 bridgehead atoms. The molecule has 0 saturated carbocycles. The summed E-state index contributed by atoms with van der Waals surface area (Å²) in [5, 5.41) is 21.8. The van der Waals surface area contributed by atoms with Crippen LogP contribution in [0.3, 0.4) is 0 Å². The lowest BCUT2D eigenvalue weighted by molar-refractivity contribution is 0.113. The summed E-state index contributed by atoms with van der Waals surface area (Å²) in [7, 11) is 0. The Bertz CT molecular complexity index is 687. The SMILES string of the molecule is OCc1nnc(CC2CCN([C@@H]3CCCNC3)CC2)n1-c1ccccc1. The molecule has 1 aromatic heterocycles. The summed E-state index contributed by atoms with van der Waals surface area (Å²) in [5.74, 6) is 2.23. The van der Waals surface area contributed by atoms with Gasteiger partial charge >= 0.3 is 0 Å². The lowest BCUT2D eigenvalue weighted by Crippen LogP contribution is -2.49. The van der Waals surface area contributed by atoms with Crippen molar-refractivity contribution in [2.75, 3.05) is 26.2 Å². The Kier molecular flexibility index (Phi) is 5.62. The van der Waals surface area contributed by atoms with E-state index in [0.29, 0.717) is 11.7 Å². The molecule has 0 radical (unpaired) electrons. The first-order valence-corrected chi connectivity index (χ1v) is 9.89. The number of rotatable bonds is 5. The summed E-state index contributed by atoms with van der Waals surface area (Å²) in [6, 6.07) is 10.8. The highest BCUT2D eigenvalue weighted by Gasteiger charge is 2.27. The molecule has 2 N–H and O–H groups in total. The van der Waals surface area contributed by atoms with E-state index in [-0.39, 0.29) is 6.61 Å². The number of hydrogen-bond donors (Lipinski definition) is 2. The third-order valence-electron chi connectivity index (χ3n) is 5.86. The van der Waals surface area contributed by atoms with Gasteiger partial charge < -0.3 is 10.4 Å². The number of para-hydroxylation sites is 1. The Hall–Kier alpha value is -1.76. The summed E-state index contributed by atoms with van der Waals surface area (Å²) in [6.07, 6.45) is 5.99. The third kappa shape index (κ3) is 3.82. The Morgan fingerprint density at radius 2 is 1.81 bits per heavy atom. The molecule has 2 aliphatic rings. The first-order chi connectivity index (χ1) is 12.8. The minimum atomic E-state index is -0.0883. The normalized spacial score (nSPS) is 22.6. The molecule has 2 aliphatic heterocycles. The molecule has 4 rings (SSSR count). The van der Waals surface area contributed by atoms with Crippen molar-refractivity contribution >= 4 is 0 Å². The average molecular weight is 355 g/mol. The van der Waals surface area contributed by atoms with Gasteiger partial charge in [-0.1, -0.05) is 18.2 Å². The maximum absolute atomic E-state index is 9.64. The number of likely N-dealkylation sites (tertiary alicyclic amines) is 1. The van der Waals surface area contributed by atoms with Crippen molar-refractivity contribution in [3.8, 4) is 5.69 Å². The smallest absolute Gasteiger partial charge is 0.163 e. The Morgan fingerprint density at radius 3 is 2.50 bits per heavy atom. The Morgan fingerprint density at radius 1 is 1.04 bits per heavy atom. The fourth-order valence-electron chi connectivity index (χ4n) is 4.39. The number of nitrogens with zero attached hydrogens (tertiary/aromatic N) is 4. The number of benzene rings is 1. The van der Waals surface area contributed by atoms with Crippen molar-refractivity contribution < 1.29 is 5.11 Å². The van der Waals surface area contributed by atoms with Gasteiger partial charge in [-0.2, -0.15) is 0 Å². The minimum Gasteiger partial charge on any atom is -0.388 e. The van der Waals surface area contributed by atoms with Gasteiger partial charge in [-0.25, -0.2) is 0 Å². The zero-order chi connectivity index (χ0) is 17.8. The first kappa shape index (κ1) is 17.6. The van der Waals surface area contributed by atoms with Gasteiger partial charge in [-0.3, -0.25) is 9.47 Å². The van der Waals surface area contributed by atoms with Crippen LogP contribution in [0, 0.1) is 5.92 Å². The van der Waals surface area contributed by atoms with Gasteiger partial charge in [0.15, 0.2) is 5.82 Å². The Balaban J connectivity index is 1.42. The maximum Gasteiger partial charge on any atom is 0.163 e. The van der Waals surface area contributed by atoms with Crippen LogP contribution in [0.15, 0.2) is 30.3 Å². The Labute approximate surface area is 155 Å². The van der Waals surface area contributed by atoms with E-state index in [1.807, 2.05) is 34.9 Å². The molecule has 0 amide bonds. The summed E-state index contributed by atoms with van der Waals surface area (Å²) in [5.41, 5.74) is 1.03. The number of piperidine rings is 2. The quantitative estimate of drug-likeness (QED) is 0.856. The van der Waals surface area contributed by atoms with Gasteiger partial charge in [0.05, 0.1) is 0 Å². The van der Waals surface area contributed by atoms with Crippen LogP contribution in [-0.2, 0) is 13.0 Å². The van der Waals surface area contributed by atoms with Crippen molar-refractivity contribution in [1.29, 1.82) is 0 Å². The van der Waals surface area contributed by atoms with Gasteiger partial charge in [0.2, 0.25) is 0 Å². The zero-order valence-corrected chi connectivity index (χ0v) is 15.3. The van der Waals surface area contributed by atoms with E-state index in [2.05, 4.69) is 20.4 Å². The molecule has 1 aromatic carbocycles. The largest absolute Gasteiger partial charge is 0.388 e. The van der Waals surface area contributed by atoms with E-state index in [4.69, 9.17) is 0 Å². The van der Waals surface area contributed by atoms with Gasteiger partial charge in [0, 0.05) is 24.7 Å². The molecular weight excluding hydrogens is 326 g/mol. The second-order valence-corrected chi connectivity index (χ2v) is 7.55. The van der Waals surface area contributed by atoms with E-state index < -0.39 is 0 Å². The van der Waals surface area contributed by atoms with Crippen LogP contribution in [0.1, 0.15) is 37.3 Å². The highest BCUT2D eigenvalue weighted by molar-refractivity contribution is 5.34. The van der Waals surface area contributed by atoms with E-state index >= 15 is 0 Å². The van der Waals surface area contributed by atoms with Gasteiger partial charge in [0.1, 0.15) is 12.4 Å². The highest BCUT2D eigenvalue weighted by Crippen LogP contribution is 2.25. The molecule has 1 atom stereocenters. The van der Waals surface area contributed by atoms with Crippen LogP contribution in [-0.4, -0.2) is 57.0 Å². The minimum absolute atomic E-state index is 0.0883. The lowest BCUT2D eigenvalue weighted by atomic mass is 9.91. The van der Waals surface area contributed by atoms with Crippen molar-refractivity contribution in [3.05, 3.63) is 42.0 Å². The number of aliphatic hydroxyl groups excluding tert-OH is 1. The second-order valence-electron chi connectivity index (χ2n) is 7.55. The molecule has 0 aliphatic carbocycles. The number of hydrogen-bond acceptors (Lipinski definition) is 5. The number of nitrogens with one attached hydrogen (secondary N) is 1. The molecular formula is C20H29N5O. The van der Waals surface area contributed by atoms with Gasteiger partial charge in [-0.15, -0.1) is 10.2 Å². The third-order valence-corrected chi connectivity index (χ3v) is 5.86. The van der Waals surface area contributed by atoms with Crippen molar-refractivity contribution in [2.24, 2.45) is 5.92 Å². The van der Waals surface area contributed by atoms with Crippen LogP contribution in [0.2, 0.25) is 0 Å². The average Bonchev–Trinajstić information content (AvgIpc) is 3.12. The molecule has 0 spiro atoms. The predicted molar refractivity (Wildman–Crippen MR) is 101 cm³/mol. The van der Waals surface area contributed by atoms with E-state index in [1.54, 1.807) is 0 Å².